The van der Waals surface area contributed by atoms with Crippen LogP contribution in [0.3, 0.4) is 0 Å². The third-order valence-corrected chi connectivity index (χ3v) is 2.82. The lowest BCUT2D eigenvalue weighted by atomic mass is 10.5. The largest absolute Gasteiger partial charge is 0.466 e. The normalized spacial score (nSPS) is 10.0. The van der Waals surface area contributed by atoms with Crippen molar-refractivity contribution in [2.24, 2.45) is 0 Å². The zero-order valence-corrected chi connectivity index (χ0v) is 11.5. The van der Waals surface area contributed by atoms with E-state index in [1.165, 1.54) is 0 Å². The second-order valence-electron chi connectivity index (χ2n) is 3.55. The molecule has 0 aromatic carbocycles. The van der Waals surface area contributed by atoms with Crippen LogP contribution in [-0.2, 0) is 19.1 Å². The minimum Gasteiger partial charge on any atom is -0.466 e. The van der Waals surface area contributed by atoms with Gasteiger partial charge in [-0.3, -0.25) is 9.59 Å². The van der Waals surface area contributed by atoms with E-state index in [9.17, 15) is 9.59 Å². The van der Waals surface area contributed by atoms with E-state index in [1.807, 2.05) is 13.8 Å². The molecule has 0 unspecified atom stereocenters. The third kappa shape index (κ3) is 11.6. The molecule has 0 radical (unpaired) electrons. The summed E-state index contributed by atoms with van der Waals surface area (Å²) in [7, 11) is 0. The van der Waals surface area contributed by atoms with E-state index in [2.05, 4.69) is 0 Å². The maximum Gasteiger partial charge on any atom is 0.306 e. The van der Waals surface area contributed by atoms with E-state index in [4.69, 9.17) is 9.47 Å². The lowest BCUT2D eigenvalue weighted by molar-refractivity contribution is -0.143. The molecule has 0 heterocycles. The second kappa shape index (κ2) is 11.8. The molecule has 0 aromatic rings. The van der Waals surface area contributed by atoms with Crippen LogP contribution < -0.4 is 0 Å². The first kappa shape index (κ1) is 16.3. The Hall–Kier alpha value is -0.710. The van der Waals surface area contributed by atoms with Gasteiger partial charge in [0.05, 0.1) is 26.1 Å². The fraction of sp³-hybridized carbons (Fsp3) is 0.833. The predicted molar refractivity (Wildman–Crippen MR) is 69.1 cm³/mol. The van der Waals surface area contributed by atoms with Crippen LogP contribution in [0.25, 0.3) is 0 Å². The first-order valence-electron chi connectivity index (χ1n) is 6.09. The molecule has 0 saturated heterocycles. The average molecular weight is 262 g/mol. The molecular weight excluding hydrogens is 240 g/mol. The highest BCUT2D eigenvalue weighted by molar-refractivity contribution is 7.99. The lowest BCUT2D eigenvalue weighted by Gasteiger charge is -2.04. The van der Waals surface area contributed by atoms with Gasteiger partial charge in [0.15, 0.2) is 0 Å². The summed E-state index contributed by atoms with van der Waals surface area (Å²) in [5, 5.41) is 0. The van der Waals surface area contributed by atoms with Crippen molar-refractivity contribution < 1.29 is 19.1 Å². The molecule has 0 fully saturated rings. The molecule has 0 aliphatic carbocycles. The average Bonchev–Trinajstić information content (AvgIpc) is 2.33. The number of ether oxygens (including phenoxy) is 2. The van der Waals surface area contributed by atoms with Crippen LogP contribution in [0.15, 0.2) is 0 Å². The standard InChI is InChI=1S/C12H22O4S/c1-3-7-15-11(13)5-9-17-10-6-12(14)16-8-4-2/h3-10H2,1-2H3. The minimum atomic E-state index is -0.159. The Morgan fingerprint density at radius 1 is 0.882 bits per heavy atom. The van der Waals surface area contributed by atoms with E-state index < -0.39 is 0 Å². The smallest absolute Gasteiger partial charge is 0.306 e. The van der Waals surface area contributed by atoms with Crippen LogP contribution in [-0.4, -0.2) is 36.7 Å². The maximum atomic E-state index is 11.1. The molecule has 0 bridgehead atoms. The molecule has 17 heavy (non-hydrogen) atoms. The topological polar surface area (TPSA) is 52.6 Å². The van der Waals surface area contributed by atoms with E-state index in [0.717, 1.165) is 12.8 Å². The quantitative estimate of drug-likeness (QED) is 0.447. The third-order valence-electron chi connectivity index (χ3n) is 1.84. The van der Waals surface area contributed by atoms with Crippen LogP contribution in [0.2, 0.25) is 0 Å². The Morgan fingerprint density at radius 3 is 1.65 bits per heavy atom. The summed E-state index contributed by atoms with van der Waals surface area (Å²) < 4.78 is 9.86. The molecule has 0 atom stereocenters. The van der Waals surface area contributed by atoms with Gasteiger partial charge in [0, 0.05) is 11.5 Å². The SMILES string of the molecule is CCCOC(=O)CCSCCC(=O)OCCC. The molecule has 0 saturated carbocycles. The molecular formula is C12H22O4S. The summed E-state index contributed by atoms with van der Waals surface area (Å²) in [6.07, 6.45) is 2.52. The van der Waals surface area contributed by atoms with Gasteiger partial charge in [-0.1, -0.05) is 13.8 Å². The van der Waals surface area contributed by atoms with Crippen molar-refractivity contribution in [3.05, 3.63) is 0 Å². The van der Waals surface area contributed by atoms with Crippen LogP contribution in [0.1, 0.15) is 39.5 Å². The number of hydrogen-bond donors (Lipinski definition) is 0. The Morgan fingerprint density at radius 2 is 1.29 bits per heavy atom. The summed E-state index contributed by atoms with van der Waals surface area (Å²) in [5.74, 6) is 1.08. The number of carbonyl (C=O) groups is 2. The van der Waals surface area contributed by atoms with Crippen LogP contribution in [0.5, 0.6) is 0 Å². The highest BCUT2D eigenvalue weighted by Gasteiger charge is 2.04. The number of esters is 2. The van der Waals surface area contributed by atoms with Crippen LogP contribution >= 0.6 is 11.8 Å². The fourth-order valence-corrected chi connectivity index (χ4v) is 1.82. The van der Waals surface area contributed by atoms with Gasteiger partial charge in [-0.15, -0.1) is 0 Å². The van der Waals surface area contributed by atoms with E-state index in [1.54, 1.807) is 11.8 Å². The number of rotatable bonds is 10. The van der Waals surface area contributed by atoms with Crippen molar-refractivity contribution in [1.29, 1.82) is 0 Å². The second-order valence-corrected chi connectivity index (χ2v) is 4.78. The van der Waals surface area contributed by atoms with Crippen molar-refractivity contribution in [1.82, 2.24) is 0 Å². The van der Waals surface area contributed by atoms with Gasteiger partial charge in [-0.05, 0) is 12.8 Å². The molecule has 0 amide bonds. The van der Waals surface area contributed by atoms with E-state index in [0.29, 0.717) is 37.6 Å². The Labute approximate surface area is 107 Å². The van der Waals surface area contributed by atoms with Crippen molar-refractivity contribution >= 4 is 23.7 Å². The summed E-state index contributed by atoms with van der Waals surface area (Å²) in [4.78, 5) is 22.2. The summed E-state index contributed by atoms with van der Waals surface area (Å²) in [6, 6.07) is 0. The maximum absolute atomic E-state index is 11.1. The van der Waals surface area contributed by atoms with Crippen molar-refractivity contribution in [3.63, 3.8) is 0 Å². The molecule has 0 spiro atoms. The van der Waals surface area contributed by atoms with E-state index >= 15 is 0 Å². The zero-order chi connectivity index (χ0) is 12.9. The lowest BCUT2D eigenvalue weighted by Crippen LogP contribution is -2.08. The zero-order valence-electron chi connectivity index (χ0n) is 10.7. The highest BCUT2D eigenvalue weighted by Crippen LogP contribution is 2.06. The summed E-state index contributed by atoms with van der Waals surface area (Å²) in [5.41, 5.74) is 0. The first-order valence-corrected chi connectivity index (χ1v) is 7.25. The number of thioether (sulfide) groups is 1. The molecule has 0 rings (SSSR count). The van der Waals surface area contributed by atoms with Gasteiger partial charge in [0.1, 0.15) is 0 Å². The van der Waals surface area contributed by atoms with Gasteiger partial charge < -0.3 is 9.47 Å². The van der Waals surface area contributed by atoms with Gasteiger partial charge in [0.2, 0.25) is 0 Å². The van der Waals surface area contributed by atoms with Gasteiger partial charge >= 0.3 is 11.9 Å². The van der Waals surface area contributed by atoms with Crippen LogP contribution in [0, 0.1) is 0 Å². The monoisotopic (exact) mass is 262 g/mol. The Bertz CT molecular complexity index is 197. The van der Waals surface area contributed by atoms with Crippen molar-refractivity contribution in [3.8, 4) is 0 Å². The molecule has 0 aromatic heterocycles. The first-order chi connectivity index (χ1) is 8.20. The minimum absolute atomic E-state index is 0.159. The van der Waals surface area contributed by atoms with Gasteiger partial charge in [0.25, 0.3) is 0 Å². The molecule has 5 heteroatoms. The molecule has 0 aliphatic heterocycles. The van der Waals surface area contributed by atoms with Gasteiger partial charge in [-0.25, -0.2) is 0 Å². The van der Waals surface area contributed by atoms with Crippen molar-refractivity contribution in [2.45, 2.75) is 39.5 Å². The number of carbonyl (C=O) groups excluding carboxylic acids is 2. The Balaban J connectivity index is 3.28. The highest BCUT2D eigenvalue weighted by atomic mass is 32.2. The van der Waals surface area contributed by atoms with E-state index in [-0.39, 0.29) is 11.9 Å². The predicted octanol–water partition coefficient (Wildman–Crippen LogP) is 2.41. The summed E-state index contributed by atoms with van der Waals surface area (Å²) >= 11 is 1.58. The fourth-order valence-electron chi connectivity index (χ4n) is 0.989. The molecule has 0 aliphatic rings. The Kier molecular flexibility index (Phi) is 11.3. The van der Waals surface area contributed by atoms with Crippen molar-refractivity contribution in [2.75, 3.05) is 24.7 Å². The van der Waals surface area contributed by atoms with Gasteiger partial charge in [-0.2, -0.15) is 11.8 Å². The molecule has 0 N–H and O–H groups in total. The molecule has 4 nitrogen and oxygen atoms in total. The summed E-state index contributed by atoms with van der Waals surface area (Å²) in [6.45, 7) is 4.91. The number of hydrogen-bond acceptors (Lipinski definition) is 5. The molecule has 100 valence electrons. The van der Waals surface area contributed by atoms with Crippen LogP contribution in [0.4, 0.5) is 0 Å².